The van der Waals surface area contributed by atoms with Crippen molar-refractivity contribution in [1.29, 1.82) is 0 Å². The number of amides is 6. The topological polar surface area (TPSA) is 177 Å². The maximum absolute atomic E-state index is 14.1. The fraction of sp³-hybridized carbons (Fsp3) is 0.302. The molecule has 0 aromatic heterocycles. The summed E-state index contributed by atoms with van der Waals surface area (Å²) in [5.74, 6) is -7.35. The van der Waals surface area contributed by atoms with Gasteiger partial charge in [-0.15, -0.1) is 0 Å². The average molecular weight is 829 g/mol. The number of likely N-dealkylation sites (N-methyl/N-ethyl adjacent to an activating group) is 1. The Bertz CT molecular complexity index is 2270. The van der Waals surface area contributed by atoms with Gasteiger partial charge in [0.1, 0.15) is 29.9 Å². The first-order chi connectivity index (χ1) is 28.0. The molecular weight excluding hydrogens is 786 g/mol. The van der Waals surface area contributed by atoms with E-state index in [1.165, 1.54) is 27.0 Å². The van der Waals surface area contributed by atoms with Crippen LogP contribution in [0.15, 0.2) is 91.0 Å². The van der Waals surface area contributed by atoms with E-state index in [0.29, 0.717) is 32.8 Å². The molecule has 0 spiro atoms. The van der Waals surface area contributed by atoms with Gasteiger partial charge >= 0.3 is 0 Å². The molecule has 2 unspecified atom stereocenters. The van der Waals surface area contributed by atoms with Crippen LogP contribution in [-0.2, 0) is 30.4 Å². The van der Waals surface area contributed by atoms with Crippen LogP contribution in [0.5, 0.6) is 5.75 Å². The summed E-state index contributed by atoms with van der Waals surface area (Å²) in [6, 6.07) is 20.0. The molecule has 0 aliphatic carbocycles. The van der Waals surface area contributed by atoms with E-state index >= 15 is 0 Å². The predicted molar refractivity (Wildman–Crippen MR) is 215 cm³/mol. The number of hydrogen-bond acceptors (Lipinski definition) is 7. The third-order valence-electron chi connectivity index (χ3n) is 10.4. The van der Waals surface area contributed by atoms with Crippen molar-refractivity contribution in [3.8, 4) is 28.0 Å². The van der Waals surface area contributed by atoms with Gasteiger partial charge in [-0.2, -0.15) is 0 Å². The molecule has 308 valence electrons. The molecule has 59 heavy (non-hydrogen) atoms. The zero-order valence-electron chi connectivity index (χ0n) is 32.4. The Morgan fingerprint density at radius 1 is 0.932 bits per heavy atom. The standard InChI is InChI=1S/C43H43ClF2N6O7/c1-24-38(55)50-34(40(57)49-25(2)42(59)52-18-17-43(45,46)23-52)20-26-7-16-35(53)33(19-26)30-5-4-6-31(21-30)37(41(58)48-24)51(3)36(54)22-47-39(56)29-10-8-27(9-11-29)28-12-14-32(44)15-13-28/h4-16,19,21,24-25,34,37,53H,17-18,20,22-23H2,1-3H3,(H,47,56)(H,48,58)(H,49,57)(H,50,55)/t24-,25-,34?,37?/m0/s1. The minimum Gasteiger partial charge on any atom is -0.507 e. The normalized spacial score (nSPS) is 19.4. The van der Waals surface area contributed by atoms with E-state index in [1.807, 2.05) is 12.1 Å². The molecule has 2 aliphatic heterocycles. The van der Waals surface area contributed by atoms with Crippen molar-refractivity contribution in [2.45, 2.75) is 56.8 Å². The Balaban J connectivity index is 1.21. The fourth-order valence-corrected chi connectivity index (χ4v) is 7.15. The van der Waals surface area contributed by atoms with Crippen LogP contribution in [0.25, 0.3) is 22.3 Å². The zero-order valence-corrected chi connectivity index (χ0v) is 33.2. The second-order valence-electron chi connectivity index (χ2n) is 14.7. The monoisotopic (exact) mass is 828 g/mol. The highest BCUT2D eigenvalue weighted by Gasteiger charge is 2.42. The molecule has 2 heterocycles. The highest BCUT2D eigenvalue weighted by Crippen LogP contribution is 2.34. The number of carbonyl (C=O) groups excluding carboxylic acids is 6. The van der Waals surface area contributed by atoms with E-state index in [-0.39, 0.29) is 18.7 Å². The minimum atomic E-state index is -3.03. The number of alkyl halides is 2. The Kier molecular flexibility index (Phi) is 12.6. The molecule has 4 aromatic rings. The number of aromatic hydroxyl groups is 1. The van der Waals surface area contributed by atoms with E-state index < -0.39 is 85.0 Å². The number of carbonyl (C=O) groups is 6. The number of benzene rings is 4. The first-order valence-corrected chi connectivity index (χ1v) is 19.3. The van der Waals surface area contributed by atoms with Gasteiger partial charge in [0.2, 0.25) is 29.5 Å². The summed E-state index contributed by atoms with van der Waals surface area (Å²) >= 11 is 5.99. The number of nitrogens with one attached hydrogen (secondary N) is 4. The molecule has 0 radical (unpaired) electrons. The van der Waals surface area contributed by atoms with Crippen molar-refractivity contribution >= 4 is 47.0 Å². The van der Waals surface area contributed by atoms with Crippen molar-refractivity contribution in [2.75, 3.05) is 26.7 Å². The lowest BCUT2D eigenvalue weighted by Gasteiger charge is -2.30. The van der Waals surface area contributed by atoms with Gasteiger partial charge in [-0.3, -0.25) is 28.8 Å². The minimum absolute atomic E-state index is 0.105. The number of rotatable bonds is 8. The van der Waals surface area contributed by atoms with Crippen LogP contribution in [0.3, 0.4) is 0 Å². The molecule has 0 saturated carbocycles. The predicted octanol–water partition coefficient (Wildman–Crippen LogP) is 4.23. The van der Waals surface area contributed by atoms with Gasteiger partial charge in [-0.1, -0.05) is 60.1 Å². The molecule has 16 heteroatoms. The van der Waals surface area contributed by atoms with Crippen molar-refractivity contribution in [3.05, 3.63) is 113 Å². The van der Waals surface area contributed by atoms with Crippen LogP contribution in [-0.4, -0.2) is 101 Å². The van der Waals surface area contributed by atoms with E-state index in [2.05, 4.69) is 21.3 Å². The Morgan fingerprint density at radius 3 is 2.27 bits per heavy atom. The van der Waals surface area contributed by atoms with Gasteiger partial charge in [0, 0.05) is 42.6 Å². The number of phenols is 1. The van der Waals surface area contributed by atoms with Crippen LogP contribution in [0.4, 0.5) is 8.78 Å². The lowest BCUT2D eigenvalue weighted by molar-refractivity contribution is -0.140. The van der Waals surface area contributed by atoms with Crippen molar-refractivity contribution < 1.29 is 42.7 Å². The molecule has 1 fully saturated rings. The van der Waals surface area contributed by atoms with Gasteiger partial charge in [0.25, 0.3) is 11.8 Å². The molecule has 4 aromatic carbocycles. The molecular formula is C43H43ClF2N6O7. The Labute approximate surface area is 344 Å². The summed E-state index contributed by atoms with van der Waals surface area (Å²) in [7, 11) is 1.38. The summed E-state index contributed by atoms with van der Waals surface area (Å²) in [4.78, 5) is 83.1. The molecule has 4 atom stereocenters. The van der Waals surface area contributed by atoms with Crippen LogP contribution in [0, 0.1) is 0 Å². The van der Waals surface area contributed by atoms with Gasteiger partial charge in [-0.25, -0.2) is 8.78 Å². The summed E-state index contributed by atoms with van der Waals surface area (Å²) in [6.07, 6.45) is -0.594. The lowest BCUT2D eigenvalue weighted by Crippen LogP contribution is -2.57. The molecule has 2 aliphatic rings. The van der Waals surface area contributed by atoms with Crippen LogP contribution >= 0.6 is 11.6 Å². The summed E-state index contributed by atoms with van der Waals surface area (Å²) in [5, 5.41) is 21.9. The van der Waals surface area contributed by atoms with Crippen LogP contribution in [0.2, 0.25) is 5.02 Å². The van der Waals surface area contributed by atoms with Crippen molar-refractivity contribution in [3.63, 3.8) is 0 Å². The maximum Gasteiger partial charge on any atom is 0.267 e. The highest BCUT2D eigenvalue weighted by atomic mass is 35.5. The SMILES string of the molecule is C[C@@H]1NC(=O)C(N(C)C(=O)CNC(=O)c2ccc(-c3ccc(Cl)cc3)cc2)c2cccc(c2)-c2cc(ccc2O)CC(C(=O)N[C@@H](C)C(=O)N2CCC(F)(F)C2)NC1=O. The van der Waals surface area contributed by atoms with E-state index in [9.17, 15) is 42.7 Å². The number of halogens is 3. The van der Waals surface area contributed by atoms with E-state index in [4.69, 9.17) is 11.6 Å². The third-order valence-corrected chi connectivity index (χ3v) is 10.6. The molecule has 1 saturated heterocycles. The number of phenolic OH excluding ortho intramolecular Hbond substituents is 1. The fourth-order valence-electron chi connectivity index (χ4n) is 7.02. The zero-order chi connectivity index (χ0) is 42.6. The van der Waals surface area contributed by atoms with Crippen LogP contribution in [0.1, 0.15) is 47.8 Å². The summed E-state index contributed by atoms with van der Waals surface area (Å²) < 4.78 is 27.6. The quantitative estimate of drug-likeness (QED) is 0.177. The molecule has 6 amide bonds. The first kappa shape index (κ1) is 42.3. The van der Waals surface area contributed by atoms with Gasteiger partial charge in [-0.05, 0) is 84.1 Å². The Morgan fingerprint density at radius 2 is 1.61 bits per heavy atom. The maximum atomic E-state index is 14.1. The van der Waals surface area contributed by atoms with E-state index in [1.54, 1.807) is 72.8 Å². The third kappa shape index (κ3) is 10.0. The molecule has 13 nitrogen and oxygen atoms in total. The average Bonchev–Trinajstić information content (AvgIpc) is 3.58. The van der Waals surface area contributed by atoms with Crippen molar-refractivity contribution in [2.24, 2.45) is 0 Å². The summed E-state index contributed by atoms with van der Waals surface area (Å²) in [6.45, 7) is 1.34. The highest BCUT2D eigenvalue weighted by molar-refractivity contribution is 6.30. The van der Waals surface area contributed by atoms with Crippen molar-refractivity contribution in [1.82, 2.24) is 31.1 Å². The molecule has 4 bridgehead atoms. The number of fused-ring (bicyclic) bond motifs is 5. The number of likely N-dealkylation sites (tertiary alicyclic amines) is 1. The largest absolute Gasteiger partial charge is 0.507 e. The smallest absolute Gasteiger partial charge is 0.267 e. The lowest BCUT2D eigenvalue weighted by atomic mass is 9.94. The van der Waals surface area contributed by atoms with Gasteiger partial charge < -0.3 is 36.2 Å². The second kappa shape index (κ2) is 17.6. The summed E-state index contributed by atoms with van der Waals surface area (Å²) in [5.41, 5.74) is 3.68. The number of hydrogen-bond donors (Lipinski definition) is 5. The van der Waals surface area contributed by atoms with Gasteiger partial charge in [0.15, 0.2) is 0 Å². The van der Waals surface area contributed by atoms with E-state index in [0.717, 1.165) is 20.9 Å². The number of nitrogens with zero attached hydrogens (tertiary/aromatic N) is 2. The second-order valence-corrected chi connectivity index (χ2v) is 15.2. The molecule has 6 rings (SSSR count). The first-order valence-electron chi connectivity index (χ1n) is 18.9. The van der Waals surface area contributed by atoms with Crippen LogP contribution < -0.4 is 21.3 Å². The Hall–Kier alpha value is -6.35. The van der Waals surface area contributed by atoms with Gasteiger partial charge in [0.05, 0.1) is 13.1 Å². The molecule has 5 N–H and O–H groups in total.